The van der Waals surface area contributed by atoms with E-state index >= 15 is 0 Å². The van der Waals surface area contributed by atoms with Gasteiger partial charge in [0, 0.05) is 17.9 Å². The molecule has 0 aliphatic carbocycles. The van der Waals surface area contributed by atoms with Gasteiger partial charge in [-0.3, -0.25) is 4.90 Å². The highest BCUT2D eigenvalue weighted by atomic mass is 79.9. The fourth-order valence-corrected chi connectivity index (χ4v) is 2.97. The van der Waals surface area contributed by atoms with Gasteiger partial charge in [0.15, 0.2) is 11.6 Å². The summed E-state index contributed by atoms with van der Waals surface area (Å²) in [5.41, 5.74) is 1.00. The number of rotatable bonds is 3. The van der Waals surface area contributed by atoms with Crippen molar-refractivity contribution in [2.24, 2.45) is 5.92 Å². The maximum Gasteiger partial charge on any atom is 0.165 e. The van der Waals surface area contributed by atoms with E-state index in [1.54, 1.807) is 12.1 Å². The van der Waals surface area contributed by atoms with Crippen LogP contribution in [0.2, 0.25) is 0 Å². The largest absolute Gasteiger partial charge is 0.494 e. The summed E-state index contributed by atoms with van der Waals surface area (Å²) in [5.74, 6) is 0.744. The highest BCUT2D eigenvalue weighted by Crippen LogP contribution is 2.25. The van der Waals surface area contributed by atoms with Gasteiger partial charge in [0.25, 0.3) is 0 Å². The molecule has 2 nitrogen and oxygen atoms in total. The third kappa shape index (κ3) is 3.23. The highest BCUT2D eigenvalue weighted by Gasteiger charge is 2.23. The van der Waals surface area contributed by atoms with Crippen LogP contribution in [0.4, 0.5) is 4.39 Å². The third-order valence-corrected chi connectivity index (χ3v) is 4.77. The van der Waals surface area contributed by atoms with Crippen molar-refractivity contribution in [3.63, 3.8) is 0 Å². The summed E-state index contributed by atoms with van der Waals surface area (Å²) in [6.07, 6.45) is 1.19. The molecule has 1 aromatic carbocycles. The summed E-state index contributed by atoms with van der Waals surface area (Å²) in [6.45, 7) is 5.17. The van der Waals surface area contributed by atoms with E-state index in [0.717, 1.165) is 25.2 Å². The van der Waals surface area contributed by atoms with Crippen LogP contribution >= 0.6 is 15.9 Å². The van der Waals surface area contributed by atoms with E-state index in [1.165, 1.54) is 13.5 Å². The Labute approximate surface area is 116 Å². The molecule has 1 aliphatic rings. The number of nitrogens with zero attached hydrogens (tertiary/aromatic N) is 1. The van der Waals surface area contributed by atoms with Crippen LogP contribution in [0.15, 0.2) is 18.2 Å². The minimum absolute atomic E-state index is 0.282. The van der Waals surface area contributed by atoms with Crippen LogP contribution < -0.4 is 4.74 Å². The zero-order valence-corrected chi connectivity index (χ0v) is 12.4. The third-order valence-electron chi connectivity index (χ3n) is 3.57. The Morgan fingerprint density at radius 1 is 1.50 bits per heavy atom. The molecule has 18 heavy (non-hydrogen) atoms. The van der Waals surface area contributed by atoms with Crippen LogP contribution in [0.3, 0.4) is 0 Å². The van der Waals surface area contributed by atoms with Crippen LogP contribution in [0, 0.1) is 11.7 Å². The Balaban J connectivity index is 1.99. The van der Waals surface area contributed by atoms with Gasteiger partial charge in [-0.15, -0.1) is 0 Å². The molecule has 2 unspecified atom stereocenters. The van der Waals surface area contributed by atoms with Gasteiger partial charge in [0.2, 0.25) is 0 Å². The first-order valence-corrected chi connectivity index (χ1v) is 7.20. The quantitative estimate of drug-likeness (QED) is 0.792. The van der Waals surface area contributed by atoms with Gasteiger partial charge in [0.05, 0.1) is 7.11 Å². The number of piperidine rings is 1. The van der Waals surface area contributed by atoms with Crippen molar-refractivity contribution in [3.05, 3.63) is 29.6 Å². The maximum atomic E-state index is 13.6. The van der Waals surface area contributed by atoms with Gasteiger partial charge in [0.1, 0.15) is 0 Å². The second kappa shape index (κ2) is 6.02. The predicted octanol–water partition coefficient (Wildman–Crippen LogP) is 3.44. The van der Waals surface area contributed by atoms with Gasteiger partial charge in [-0.25, -0.2) is 4.39 Å². The summed E-state index contributed by atoms with van der Waals surface area (Å²) in [5, 5.41) is 0. The van der Waals surface area contributed by atoms with Crippen molar-refractivity contribution in [3.8, 4) is 5.75 Å². The molecule has 2 rings (SSSR count). The molecule has 1 heterocycles. The lowest BCUT2D eigenvalue weighted by molar-refractivity contribution is 0.193. The molecular formula is C14H19BrFNO. The summed E-state index contributed by atoms with van der Waals surface area (Å²) in [4.78, 5) is 2.90. The Bertz CT molecular complexity index is 413. The first-order chi connectivity index (χ1) is 8.60. The number of ether oxygens (including phenoxy) is 1. The topological polar surface area (TPSA) is 12.5 Å². The van der Waals surface area contributed by atoms with Crippen LogP contribution in [0.25, 0.3) is 0 Å². The van der Waals surface area contributed by atoms with Crippen LogP contribution in [-0.4, -0.2) is 29.9 Å². The molecule has 100 valence electrons. The lowest BCUT2D eigenvalue weighted by Crippen LogP contribution is -2.39. The van der Waals surface area contributed by atoms with E-state index in [2.05, 4.69) is 27.8 Å². The molecule has 1 aromatic rings. The molecule has 0 N–H and O–H groups in total. The van der Waals surface area contributed by atoms with Crippen molar-refractivity contribution >= 4 is 15.9 Å². The second-order valence-corrected chi connectivity index (χ2v) is 6.16. The minimum atomic E-state index is -0.282. The molecule has 4 heteroatoms. The number of hydrogen-bond donors (Lipinski definition) is 0. The van der Waals surface area contributed by atoms with Crippen LogP contribution in [-0.2, 0) is 6.54 Å². The van der Waals surface area contributed by atoms with E-state index in [1.807, 2.05) is 6.07 Å². The van der Waals surface area contributed by atoms with E-state index < -0.39 is 0 Å². The van der Waals surface area contributed by atoms with E-state index in [4.69, 9.17) is 4.74 Å². The molecule has 0 saturated carbocycles. The molecule has 1 aliphatic heterocycles. The number of likely N-dealkylation sites (tertiary alicyclic amines) is 1. The Kier molecular flexibility index (Phi) is 4.62. The Morgan fingerprint density at radius 3 is 2.89 bits per heavy atom. The molecule has 2 atom stereocenters. The fraction of sp³-hybridized carbons (Fsp3) is 0.571. The number of alkyl halides is 1. The first-order valence-electron chi connectivity index (χ1n) is 6.29. The van der Waals surface area contributed by atoms with Gasteiger partial charge in [-0.1, -0.05) is 28.9 Å². The molecule has 0 bridgehead atoms. The number of hydrogen-bond acceptors (Lipinski definition) is 2. The smallest absolute Gasteiger partial charge is 0.165 e. The molecule has 1 saturated heterocycles. The average molecular weight is 316 g/mol. The number of methoxy groups -OCH3 is 1. The first kappa shape index (κ1) is 13.8. The Morgan fingerprint density at radius 2 is 2.28 bits per heavy atom. The summed E-state index contributed by atoms with van der Waals surface area (Å²) < 4.78 is 18.5. The van der Waals surface area contributed by atoms with Crippen LogP contribution in [0.1, 0.15) is 18.9 Å². The van der Waals surface area contributed by atoms with Gasteiger partial charge in [-0.05, 0) is 36.6 Å². The van der Waals surface area contributed by atoms with Crippen molar-refractivity contribution in [1.82, 2.24) is 4.90 Å². The molecule has 0 amide bonds. The van der Waals surface area contributed by atoms with Crippen molar-refractivity contribution < 1.29 is 9.13 Å². The van der Waals surface area contributed by atoms with E-state index in [9.17, 15) is 4.39 Å². The fourth-order valence-electron chi connectivity index (χ4n) is 2.29. The van der Waals surface area contributed by atoms with Crippen molar-refractivity contribution in [2.75, 3.05) is 20.2 Å². The minimum Gasteiger partial charge on any atom is -0.494 e. The highest BCUT2D eigenvalue weighted by molar-refractivity contribution is 9.09. The number of benzene rings is 1. The zero-order chi connectivity index (χ0) is 13.1. The number of halogens is 2. The predicted molar refractivity (Wildman–Crippen MR) is 74.7 cm³/mol. The molecule has 0 radical (unpaired) electrons. The molecule has 0 spiro atoms. The van der Waals surface area contributed by atoms with Gasteiger partial charge in [-0.2, -0.15) is 0 Å². The van der Waals surface area contributed by atoms with Crippen LogP contribution in [0.5, 0.6) is 5.75 Å². The molecular weight excluding hydrogens is 297 g/mol. The lowest BCUT2D eigenvalue weighted by atomic mass is 9.98. The van der Waals surface area contributed by atoms with Crippen molar-refractivity contribution in [2.45, 2.75) is 24.7 Å². The monoisotopic (exact) mass is 315 g/mol. The van der Waals surface area contributed by atoms with Gasteiger partial charge >= 0.3 is 0 Å². The maximum absolute atomic E-state index is 13.6. The van der Waals surface area contributed by atoms with Crippen molar-refractivity contribution in [1.29, 1.82) is 0 Å². The standard InChI is InChI=1S/C14H19BrFNO/c1-10-5-6-17(9-12(10)15)8-11-3-4-14(18-2)13(16)7-11/h3-4,7,10,12H,5-6,8-9H2,1-2H3. The summed E-state index contributed by atoms with van der Waals surface area (Å²) in [7, 11) is 1.49. The van der Waals surface area contributed by atoms with E-state index in [-0.39, 0.29) is 5.82 Å². The molecule has 0 aromatic heterocycles. The molecule has 1 fully saturated rings. The van der Waals surface area contributed by atoms with E-state index in [0.29, 0.717) is 16.5 Å². The second-order valence-electron chi connectivity index (χ2n) is 4.99. The summed E-state index contributed by atoms with van der Waals surface area (Å²) >= 11 is 3.71. The lowest BCUT2D eigenvalue weighted by Gasteiger charge is -2.34. The normalized spacial score (nSPS) is 25.1. The summed E-state index contributed by atoms with van der Waals surface area (Å²) in [6, 6.07) is 5.20. The zero-order valence-electron chi connectivity index (χ0n) is 10.8. The van der Waals surface area contributed by atoms with Gasteiger partial charge < -0.3 is 4.74 Å². The SMILES string of the molecule is COc1ccc(CN2CCC(C)C(Br)C2)cc1F. The average Bonchev–Trinajstić information content (AvgIpc) is 2.34. The Hall–Kier alpha value is -0.610.